The molecule has 2 atom stereocenters. The molecule has 29 heavy (non-hydrogen) atoms. The minimum atomic E-state index is -4.61. The molecule has 0 aromatic heterocycles. The van der Waals surface area contributed by atoms with Crippen LogP contribution in [0.5, 0.6) is 0 Å². The standard InChI is InChI=1S/C19H34NO8P/c1-8-9-11-25-19(22)16(4)13-17(28-18(21)15(2)3)14-27-29(23,24)26-12-10-20(5,6)7/h17H,2,4,8-14H2,1,3,5-7H3. The lowest BCUT2D eigenvalue weighted by Crippen LogP contribution is -2.37. The number of esters is 2. The summed E-state index contributed by atoms with van der Waals surface area (Å²) in [5.41, 5.74) is 0.159. The topological polar surface area (TPSA) is 111 Å². The second-order valence-corrected chi connectivity index (χ2v) is 9.11. The van der Waals surface area contributed by atoms with Gasteiger partial charge in [0.25, 0.3) is 7.82 Å². The number of rotatable bonds is 15. The third kappa shape index (κ3) is 14.2. The van der Waals surface area contributed by atoms with Crippen molar-refractivity contribution in [1.82, 2.24) is 0 Å². The Morgan fingerprint density at radius 2 is 1.72 bits per heavy atom. The summed E-state index contributed by atoms with van der Waals surface area (Å²) in [7, 11) is 1.05. The molecule has 2 unspecified atom stereocenters. The Bertz CT molecular complexity index is 626. The number of hydrogen-bond acceptors (Lipinski definition) is 8. The lowest BCUT2D eigenvalue weighted by atomic mass is 10.1. The molecule has 0 bridgehead atoms. The Morgan fingerprint density at radius 1 is 1.10 bits per heavy atom. The van der Waals surface area contributed by atoms with Crippen LogP contribution in [0.1, 0.15) is 33.1 Å². The van der Waals surface area contributed by atoms with Gasteiger partial charge >= 0.3 is 11.9 Å². The van der Waals surface area contributed by atoms with Gasteiger partial charge in [0.05, 0.1) is 34.4 Å². The number of phosphoric ester groups is 1. The van der Waals surface area contributed by atoms with Crippen LogP contribution in [-0.2, 0) is 32.7 Å². The Balaban J connectivity index is 4.85. The van der Waals surface area contributed by atoms with E-state index >= 15 is 0 Å². The fourth-order valence-electron chi connectivity index (χ4n) is 1.79. The molecule has 0 saturated heterocycles. The van der Waals surface area contributed by atoms with Crippen LogP contribution in [0.3, 0.4) is 0 Å². The van der Waals surface area contributed by atoms with E-state index in [2.05, 4.69) is 13.2 Å². The first-order valence-corrected chi connectivity index (χ1v) is 10.9. The second kappa shape index (κ2) is 12.9. The van der Waals surface area contributed by atoms with Crippen LogP contribution in [0.15, 0.2) is 24.3 Å². The van der Waals surface area contributed by atoms with Crippen LogP contribution in [0.4, 0.5) is 0 Å². The fraction of sp³-hybridized carbons (Fsp3) is 0.684. The van der Waals surface area contributed by atoms with E-state index in [1.807, 2.05) is 28.1 Å². The van der Waals surface area contributed by atoms with Gasteiger partial charge in [-0.3, -0.25) is 4.57 Å². The first-order valence-electron chi connectivity index (χ1n) is 9.39. The SMILES string of the molecule is C=C(C)C(=O)OC(COP(=O)([O-])OCC[N+](C)(C)C)CC(=C)C(=O)OCCCC. The second-order valence-electron chi connectivity index (χ2n) is 7.69. The first kappa shape index (κ1) is 27.5. The quantitative estimate of drug-likeness (QED) is 0.126. The van der Waals surface area contributed by atoms with Crippen molar-refractivity contribution in [3.05, 3.63) is 24.3 Å². The molecule has 0 aromatic carbocycles. The predicted molar refractivity (Wildman–Crippen MR) is 107 cm³/mol. The summed E-state index contributed by atoms with van der Waals surface area (Å²) in [5, 5.41) is 0. The van der Waals surface area contributed by atoms with Gasteiger partial charge in [0.2, 0.25) is 0 Å². The maximum Gasteiger partial charge on any atom is 0.333 e. The molecule has 9 nitrogen and oxygen atoms in total. The molecular weight excluding hydrogens is 401 g/mol. The summed E-state index contributed by atoms with van der Waals surface area (Å²) in [5.74, 6) is -1.38. The van der Waals surface area contributed by atoms with Crippen molar-refractivity contribution in [2.45, 2.75) is 39.2 Å². The normalized spacial score (nSPS) is 14.6. The van der Waals surface area contributed by atoms with Gasteiger partial charge in [0.1, 0.15) is 19.3 Å². The van der Waals surface area contributed by atoms with Crippen molar-refractivity contribution in [1.29, 1.82) is 0 Å². The van der Waals surface area contributed by atoms with Crippen molar-refractivity contribution in [3.8, 4) is 0 Å². The minimum absolute atomic E-state index is 0.0379. The molecule has 0 aromatic rings. The minimum Gasteiger partial charge on any atom is -0.756 e. The lowest BCUT2D eigenvalue weighted by molar-refractivity contribution is -0.870. The van der Waals surface area contributed by atoms with E-state index in [-0.39, 0.29) is 30.8 Å². The van der Waals surface area contributed by atoms with Crippen LogP contribution in [0.2, 0.25) is 0 Å². The van der Waals surface area contributed by atoms with Crippen molar-refractivity contribution >= 4 is 19.8 Å². The molecule has 168 valence electrons. The van der Waals surface area contributed by atoms with Crippen LogP contribution in [-0.4, -0.2) is 70.0 Å². The van der Waals surface area contributed by atoms with Crippen molar-refractivity contribution < 1.29 is 42.1 Å². The van der Waals surface area contributed by atoms with Gasteiger partial charge < -0.3 is 27.9 Å². The molecule has 0 aliphatic rings. The molecule has 0 fully saturated rings. The number of quaternary nitrogens is 1. The zero-order chi connectivity index (χ0) is 22.7. The van der Waals surface area contributed by atoms with Crippen LogP contribution in [0, 0.1) is 0 Å². The number of phosphoric acid groups is 1. The molecule has 0 aliphatic heterocycles. The van der Waals surface area contributed by atoms with E-state index in [1.54, 1.807) is 0 Å². The summed E-state index contributed by atoms with van der Waals surface area (Å²) in [6, 6.07) is 0. The number of carbonyl (C=O) groups is 2. The summed E-state index contributed by atoms with van der Waals surface area (Å²) in [4.78, 5) is 35.7. The fourth-order valence-corrected chi connectivity index (χ4v) is 2.52. The Kier molecular flexibility index (Phi) is 12.3. The molecular formula is C19H34NO8P. The highest BCUT2D eigenvalue weighted by atomic mass is 31.2. The van der Waals surface area contributed by atoms with Crippen molar-refractivity contribution in [3.63, 3.8) is 0 Å². The van der Waals surface area contributed by atoms with Gasteiger partial charge in [-0.1, -0.05) is 26.5 Å². The Labute approximate surface area is 173 Å². The van der Waals surface area contributed by atoms with Crippen LogP contribution >= 0.6 is 7.82 Å². The maximum atomic E-state index is 11.9. The highest BCUT2D eigenvalue weighted by molar-refractivity contribution is 7.45. The van der Waals surface area contributed by atoms with Crippen molar-refractivity contribution in [2.75, 3.05) is 47.5 Å². The predicted octanol–water partition coefficient (Wildman–Crippen LogP) is 1.97. The third-order valence-electron chi connectivity index (χ3n) is 3.55. The van der Waals surface area contributed by atoms with Gasteiger partial charge in [0.15, 0.2) is 0 Å². The highest BCUT2D eigenvalue weighted by Gasteiger charge is 2.23. The molecule has 0 amide bonds. The number of likely N-dealkylation sites (N-methyl/N-ethyl adjacent to an activating group) is 1. The lowest BCUT2D eigenvalue weighted by Gasteiger charge is -2.28. The monoisotopic (exact) mass is 435 g/mol. The summed E-state index contributed by atoms with van der Waals surface area (Å²) < 4.78 is 32.3. The van der Waals surface area contributed by atoms with Gasteiger partial charge in [-0.2, -0.15) is 0 Å². The molecule has 0 radical (unpaired) electrons. The van der Waals surface area contributed by atoms with Crippen LogP contribution in [0.25, 0.3) is 0 Å². The Morgan fingerprint density at radius 3 is 2.24 bits per heavy atom. The Hall–Kier alpha value is -1.51. The maximum absolute atomic E-state index is 11.9. The van der Waals surface area contributed by atoms with E-state index in [0.29, 0.717) is 17.4 Å². The smallest absolute Gasteiger partial charge is 0.333 e. The number of nitrogens with zero attached hydrogens (tertiary/aromatic N) is 1. The average molecular weight is 435 g/mol. The molecule has 0 aliphatic carbocycles. The third-order valence-corrected chi connectivity index (χ3v) is 4.51. The van der Waals surface area contributed by atoms with E-state index in [1.165, 1.54) is 6.92 Å². The van der Waals surface area contributed by atoms with E-state index < -0.39 is 32.5 Å². The average Bonchev–Trinajstić information content (AvgIpc) is 2.58. The van der Waals surface area contributed by atoms with Crippen LogP contribution < -0.4 is 4.89 Å². The summed E-state index contributed by atoms with van der Waals surface area (Å²) in [6.45, 7) is 10.6. The molecule has 0 rings (SSSR count). The number of ether oxygens (including phenoxy) is 2. The van der Waals surface area contributed by atoms with E-state index in [4.69, 9.17) is 18.5 Å². The zero-order valence-corrected chi connectivity index (χ0v) is 19.0. The molecule has 0 spiro atoms. The van der Waals surface area contributed by atoms with Gasteiger partial charge in [-0.05, 0) is 13.3 Å². The summed E-state index contributed by atoms with van der Waals surface area (Å²) >= 11 is 0. The van der Waals surface area contributed by atoms with Gasteiger partial charge in [0, 0.05) is 17.6 Å². The molecule has 0 N–H and O–H groups in total. The molecule has 0 saturated carbocycles. The largest absolute Gasteiger partial charge is 0.756 e. The van der Waals surface area contributed by atoms with E-state index in [9.17, 15) is 19.0 Å². The van der Waals surface area contributed by atoms with Crippen molar-refractivity contribution in [2.24, 2.45) is 0 Å². The zero-order valence-electron chi connectivity index (χ0n) is 18.1. The highest BCUT2D eigenvalue weighted by Crippen LogP contribution is 2.38. The molecule has 0 heterocycles. The molecule has 10 heteroatoms. The number of carbonyl (C=O) groups excluding carboxylic acids is 2. The summed E-state index contributed by atoms with van der Waals surface area (Å²) in [6.07, 6.45) is 0.345. The van der Waals surface area contributed by atoms with E-state index in [0.717, 1.165) is 6.42 Å². The van der Waals surface area contributed by atoms with Gasteiger partial charge in [-0.25, -0.2) is 9.59 Å². The van der Waals surface area contributed by atoms with Gasteiger partial charge in [-0.15, -0.1) is 0 Å². The number of unbranched alkanes of at least 4 members (excludes halogenated alkanes) is 1. The number of hydrogen-bond donors (Lipinski definition) is 0. The first-order chi connectivity index (χ1) is 13.3.